The number of hydrogen-bond donors (Lipinski definition) is 1. The molecular weight excluding hydrogens is 543 g/mol. The van der Waals surface area contributed by atoms with Crippen molar-refractivity contribution in [1.82, 2.24) is 0 Å². The summed E-state index contributed by atoms with van der Waals surface area (Å²) in [5, 5.41) is 9.39. The number of carbonyl (C=O) groups is 3. The average molecular weight is 582 g/mol. The number of aryl methyl sites for hydroxylation is 5. The molecule has 1 unspecified atom stereocenters. The van der Waals surface area contributed by atoms with Crippen molar-refractivity contribution >= 4 is 24.6 Å². The first kappa shape index (κ1) is 32.5. The van der Waals surface area contributed by atoms with E-state index in [-0.39, 0.29) is 5.78 Å². The molecule has 0 bridgehead atoms. The predicted molar refractivity (Wildman–Crippen MR) is 170 cm³/mol. The summed E-state index contributed by atoms with van der Waals surface area (Å²) in [6, 6.07) is 24.3. The van der Waals surface area contributed by atoms with Crippen LogP contribution in [0.2, 0.25) is 0 Å². The molecule has 1 N–H and O–H groups in total. The molecule has 1 atom stereocenters. The molecule has 0 radical (unpaired) electrons. The minimum absolute atomic E-state index is 0.247. The van der Waals surface area contributed by atoms with Crippen molar-refractivity contribution in [1.29, 1.82) is 0 Å². The number of rotatable bonds is 7. The van der Waals surface area contributed by atoms with E-state index < -0.39 is 24.5 Å². The summed E-state index contributed by atoms with van der Waals surface area (Å²) >= 11 is 0. The van der Waals surface area contributed by atoms with Crippen LogP contribution in [0.3, 0.4) is 0 Å². The molecular formula is C36H38O5P+. The third-order valence-electron chi connectivity index (χ3n) is 7.10. The maximum Gasteiger partial charge on any atom is 0.501 e. The molecule has 0 spiro atoms. The van der Waals surface area contributed by atoms with E-state index in [2.05, 4.69) is 0 Å². The smallest absolute Gasteiger partial charge is 0.382 e. The van der Waals surface area contributed by atoms with Gasteiger partial charge in [0.25, 0.3) is 0 Å². The Balaban J connectivity index is 0.000000337. The first-order chi connectivity index (χ1) is 19.6. The Morgan fingerprint density at radius 2 is 1.10 bits per heavy atom. The Morgan fingerprint density at radius 1 is 0.643 bits per heavy atom. The van der Waals surface area contributed by atoms with E-state index in [0.717, 1.165) is 44.5 Å². The number of carbonyl (C=O) groups excluding carboxylic acids is 3. The summed E-state index contributed by atoms with van der Waals surface area (Å²) < 4.78 is 13.1. The van der Waals surface area contributed by atoms with Gasteiger partial charge in [-0.2, -0.15) is 0 Å². The van der Waals surface area contributed by atoms with Crippen LogP contribution in [0.5, 0.6) is 0 Å². The molecule has 0 heterocycles. The summed E-state index contributed by atoms with van der Waals surface area (Å²) in [6.07, 6.45) is 0. The highest BCUT2D eigenvalue weighted by Crippen LogP contribution is 2.39. The van der Waals surface area contributed by atoms with E-state index in [9.17, 15) is 24.1 Å². The second-order valence-corrected chi connectivity index (χ2v) is 12.6. The lowest BCUT2D eigenvalue weighted by atomic mass is 9.90. The first-order valence-corrected chi connectivity index (χ1v) is 15.0. The van der Waals surface area contributed by atoms with Crippen molar-refractivity contribution in [2.24, 2.45) is 0 Å². The van der Waals surface area contributed by atoms with Crippen molar-refractivity contribution in [2.75, 3.05) is 0 Å². The van der Waals surface area contributed by atoms with Crippen molar-refractivity contribution in [3.8, 4) is 11.1 Å². The number of ketones is 1. The quantitative estimate of drug-likeness (QED) is 0.174. The van der Waals surface area contributed by atoms with Gasteiger partial charge in [-0.25, -0.2) is 9.59 Å². The van der Waals surface area contributed by atoms with Crippen LogP contribution < -0.4 is 0 Å². The van der Waals surface area contributed by atoms with Crippen molar-refractivity contribution in [3.63, 3.8) is 0 Å². The largest absolute Gasteiger partial charge is 0.501 e. The zero-order valence-corrected chi connectivity index (χ0v) is 26.4. The summed E-state index contributed by atoms with van der Waals surface area (Å²) in [5.74, 6) is -0.247. The molecule has 0 aliphatic carbocycles. The summed E-state index contributed by atoms with van der Waals surface area (Å²) in [5.41, 5.74) is 5.86. The van der Waals surface area contributed by atoms with Gasteiger partial charge in [-0.1, -0.05) is 89.0 Å². The van der Waals surface area contributed by atoms with Crippen LogP contribution in [0, 0.1) is 41.5 Å². The van der Waals surface area contributed by atoms with Gasteiger partial charge in [0.15, 0.2) is 5.78 Å². The van der Waals surface area contributed by atoms with Crippen molar-refractivity contribution in [2.45, 2.75) is 61.0 Å². The molecule has 42 heavy (non-hydrogen) atoms. The Hall–Kier alpha value is -4.05. The standard InChI is InChI=1S/C26H26O3P.C10H12O2/c1-15-12-16(2)22(17(3)13-15)25(27)30(29)26(28)24-19(5)14-18(4)23(20(24)6)21-10-8-7-9-11-21;1-10(2,12)9(11)8-6-4-3-5-7-8/h7-14H,1-6H3;3-7,12H,1-2H3/q+1;. The fourth-order valence-corrected chi connectivity index (χ4v) is 6.61. The lowest BCUT2D eigenvalue weighted by molar-refractivity contribution is 0.0488. The molecule has 4 aromatic rings. The van der Waals surface area contributed by atoms with Crippen LogP contribution in [0.1, 0.15) is 78.3 Å². The SMILES string of the molecule is CC(C)(O)C(=O)c1ccccc1.Cc1cc(C)c(C(=O)[P+](=O)C(=O)c2c(C)cc(C)c(-c3ccccc3)c2C)c(C)c1. The van der Waals surface area contributed by atoms with Crippen LogP contribution in [0.4, 0.5) is 0 Å². The fourth-order valence-electron chi connectivity index (χ4n) is 5.32. The zero-order valence-electron chi connectivity index (χ0n) is 25.5. The van der Waals surface area contributed by atoms with Gasteiger partial charge in [-0.05, 0) is 94.3 Å². The van der Waals surface area contributed by atoms with Crippen LogP contribution in [-0.4, -0.2) is 27.5 Å². The van der Waals surface area contributed by atoms with E-state index in [4.69, 9.17) is 0 Å². The predicted octanol–water partition coefficient (Wildman–Crippen LogP) is 8.65. The molecule has 0 saturated carbocycles. The third kappa shape index (κ3) is 7.23. The normalized spacial score (nSPS) is 11.3. The minimum atomic E-state index is -2.75. The van der Waals surface area contributed by atoms with Crippen LogP contribution in [0.15, 0.2) is 78.9 Å². The number of Topliss-reactive ketones (excluding diaryl/α,β-unsaturated/α-hetero) is 1. The number of hydrogen-bond acceptors (Lipinski definition) is 5. The average Bonchev–Trinajstić information content (AvgIpc) is 2.92. The summed E-state index contributed by atoms with van der Waals surface area (Å²) in [7, 11) is -2.75. The van der Waals surface area contributed by atoms with Crippen molar-refractivity contribution < 1.29 is 24.1 Å². The molecule has 0 aromatic heterocycles. The van der Waals surface area contributed by atoms with Crippen LogP contribution in [0.25, 0.3) is 11.1 Å². The van der Waals surface area contributed by atoms with Gasteiger partial charge in [0.05, 0.1) is 11.1 Å². The minimum Gasteiger partial charge on any atom is -0.382 e. The highest BCUT2D eigenvalue weighted by atomic mass is 31.1. The molecule has 6 heteroatoms. The second-order valence-electron chi connectivity index (χ2n) is 11.2. The highest BCUT2D eigenvalue weighted by Gasteiger charge is 2.43. The Kier molecular flexibility index (Phi) is 10.3. The Labute approximate surface area is 249 Å². The van der Waals surface area contributed by atoms with E-state index in [1.807, 2.05) is 96.1 Å². The molecule has 0 aliphatic heterocycles. The van der Waals surface area contributed by atoms with E-state index in [0.29, 0.717) is 16.7 Å². The third-order valence-corrected chi connectivity index (χ3v) is 8.28. The van der Waals surface area contributed by atoms with Crippen LogP contribution >= 0.6 is 7.80 Å². The summed E-state index contributed by atoms with van der Waals surface area (Å²) in [4.78, 5) is 37.7. The van der Waals surface area contributed by atoms with Gasteiger partial charge in [0.2, 0.25) is 0 Å². The van der Waals surface area contributed by atoms with Gasteiger partial charge < -0.3 is 5.11 Å². The lowest BCUT2D eigenvalue weighted by Crippen LogP contribution is -2.30. The summed E-state index contributed by atoms with van der Waals surface area (Å²) in [6.45, 7) is 14.3. The van der Waals surface area contributed by atoms with Gasteiger partial charge in [-0.15, -0.1) is 0 Å². The molecule has 216 valence electrons. The van der Waals surface area contributed by atoms with Crippen LogP contribution in [-0.2, 0) is 4.57 Å². The lowest BCUT2D eigenvalue weighted by Gasteiger charge is -2.14. The zero-order chi connectivity index (χ0) is 31.4. The first-order valence-electron chi connectivity index (χ1n) is 13.8. The molecule has 0 aliphatic rings. The monoisotopic (exact) mass is 581 g/mol. The molecule has 0 amide bonds. The fraction of sp³-hybridized carbons (Fsp3) is 0.250. The topological polar surface area (TPSA) is 88.5 Å². The van der Waals surface area contributed by atoms with Gasteiger partial charge in [-0.3, -0.25) is 4.79 Å². The van der Waals surface area contributed by atoms with E-state index in [1.165, 1.54) is 13.8 Å². The van der Waals surface area contributed by atoms with Crippen molar-refractivity contribution in [3.05, 3.63) is 129 Å². The number of benzene rings is 4. The van der Waals surface area contributed by atoms with E-state index >= 15 is 0 Å². The van der Waals surface area contributed by atoms with Gasteiger partial charge in [0.1, 0.15) is 5.60 Å². The van der Waals surface area contributed by atoms with Gasteiger partial charge >= 0.3 is 18.8 Å². The highest BCUT2D eigenvalue weighted by molar-refractivity contribution is 7.80. The second kappa shape index (κ2) is 13.3. The Bertz CT molecular complexity index is 1640. The molecule has 4 aromatic carbocycles. The maximum absolute atomic E-state index is 13.3. The Morgan fingerprint density at radius 3 is 1.60 bits per heavy atom. The molecule has 5 nitrogen and oxygen atoms in total. The maximum atomic E-state index is 13.3. The molecule has 4 rings (SSSR count). The van der Waals surface area contributed by atoms with E-state index in [1.54, 1.807) is 24.3 Å². The number of aliphatic hydroxyl groups is 1. The molecule has 0 saturated heterocycles. The molecule has 0 fully saturated rings. The van der Waals surface area contributed by atoms with Gasteiger partial charge in [0, 0.05) is 5.56 Å².